The molecule has 2 N–H and O–H groups in total. The first kappa shape index (κ1) is 15.5. The number of methoxy groups -OCH3 is 1. The molecule has 122 valence electrons. The van der Waals surface area contributed by atoms with Crippen molar-refractivity contribution in [1.82, 2.24) is 5.32 Å². The molecular formula is C13H20F3NO4. The zero-order valence-electron chi connectivity index (χ0n) is 12.2. The van der Waals surface area contributed by atoms with Crippen LogP contribution in [0.15, 0.2) is 0 Å². The number of halogens is 3. The van der Waals surface area contributed by atoms with Gasteiger partial charge in [-0.2, -0.15) is 13.2 Å². The third kappa shape index (κ3) is 1.89. The molecule has 2 unspecified atom stereocenters. The number of fused-ring (bicyclic) bond motifs is 1. The maximum absolute atomic E-state index is 13.6. The number of alkyl halides is 3. The van der Waals surface area contributed by atoms with Crippen LogP contribution >= 0.6 is 0 Å². The maximum Gasteiger partial charge on any atom is 0.421 e. The van der Waals surface area contributed by atoms with Gasteiger partial charge in [-0.25, -0.2) is 0 Å². The summed E-state index contributed by atoms with van der Waals surface area (Å²) in [5, 5.41) is 13.4. The first-order valence-corrected chi connectivity index (χ1v) is 7.02. The van der Waals surface area contributed by atoms with E-state index in [1.807, 2.05) is 0 Å². The van der Waals surface area contributed by atoms with Gasteiger partial charge in [-0.3, -0.25) is 0 Å². The van der Waals surface area contributed by atoms with E-state index in [9.17, 15) is 18.3 Å². The molecule has 8 heteroatoms. The van der Waals surface area contributed by atoms with E-state index in [1.165, 1.54) is 14.0 Å². The van der Waals surface area contributed by atoms with Crippen LogP contribution in [-0.2, 0) is 14.2 Å². The lowest BCUT2D eigenvalue weighted by Gasteiger charge is -2.56. The number of ether oxygens (including phenoxy) is 3. The number of piperidine rings is 1. The van der Waals surface area contributed by atoms with E-state index in [0.29, 0.717) is 0 Å². The summed E-state index contributed by atoms with van der Waals surface area (Å²) in [4.78, 5) is 0. The smallest absolute Gasteiger partial charge is 0.377 e. The highest BCUT2D eigenvalue weighted by molar-refractivity contribution is 5.26. The molecule has 5 nitrogen and oxygen atoms in total. The molecule has 0 amide bonds. The van der Waals surface area contributed by atoms with Crippen molar-refractivity contribution >= 4 is 0 Å². The van der Waals surface area contributed by atoms with Crippen LogP contribution in [0.5, 0.6) is 0 Å². The van der Waals surface area contributed by atoms with Gasteiger partial charge in [0.15, 0.2) is 5.79 Å². The van der Waals surface area contributed by atoms with Crippen molar-refractivity contribution in [3.8, 4) is 0 Å². The first-order valence-electron chi connectivity index (χ1n) is 7.02. The fourth-order valence-corrected chi connectivity index (χ4v) is 3.42. The molecule has 2 saturated heterocycles. The van der Waals surface area contributed by atoms with Crippen molar-refractivity contribution in [2.75, 3.05) is 13.7 Å². The van der Waals surface area contributed by atoms with Gasteiger partial charge in [0.1, 0.15) is 18.3 Å². The van der Waals surface area contributed by atoms with Crippen molar-refractivity contribution in [3.63, 3.8) is 0 Å². The minimum atomic E-state index is -4.82. The standard InChI is InChI=1S/C13H20F3NO4/c1-7-10(2,19-3)21-9-8(20-7)6-17-11(4-5-11)12(9,18)13(14,15)16/h7-9,17-18H,4-6H2,1-3H3/t7?,8-,9+,10+,12?/m1/s1. The van der Waals surface area contributed by atoms with Crippen LogP contribution in [0.2, 0.25) is 0 Å². The van der Waals surface area contributed by atoms with E-state index < -0.39 is 41.4 Å². The van der Waals surface area contributed by atoms with Gasteiger partial charge < -0.3 is 24.6 Å². The normalized spacial score (nSPS) is 49.0. The van der Waals surface area contributed by atoms with E-state index >= 15 is 0 Å². The number of aliphatic hydroxyl groups is 1. The Balaban J connectivity index is 2.00. The zero-order valence-corrected chi connectivity index (χ0v) is 12.2. The Labute approximate surface area is 120 Å². The van der Waals surface area contributed by atoms with Gasteiger partial charge in [0.2, 0.25) is 5.60 Å². The summed E-state index contributed by atoms with van der Waals surface area (Å²) >= 11 is 0. The first-order chi connectivity index (χ1) is 9.60. The fourth-order valence-electron chi connectivity index (χ4n) is 3.42. The number of rotatable bonds is 1. The van der Waals surface area contributed by atoms with Crippen LogP contribution in [0.4, 0.5) is 13.2 Å². The molecule has 0 radical (unpaired) electrons. The van der Waals surface area contributed by atoms with Gasteiger partial charge in [-0.05, 0) is 26.7 Å². The Morgan fingerprint density at radius 3 is 2.43 bits per heavy atom. The molecule has 1 aliphatic carbocycles. The topological polar surface area (TPSA) is 60.0 Å². The van der Waals surface area contributed by atoms with Crippen LogP contribution in [0.3, 0.4) is 0 Å². The number of nitrogens with one attached hydrogen (secondary N) is 1. The van der Waals surface area contributed by atoms with Crippen molar-refractivity contribution in [1.29, 1.82) is 0 Å². The van der Waals surface area contributed by atoms with E-state index in [2.05, 4.69) is 5.32 Å². The van der Waals surface area contributed by atoms with Gasteiger partial charge in [0.05, 0.1) is 5.54 Å². The molecule has 1 spiro atoms. The number of hydrogen-bond donors (Lipinski definition) is 2. The summed E-state index contributed by atoms with van der Waals surface area (Å²) in [5.74, 6) is -1.33. The van der Waals surface area contributed by atoms with Crippen molar-refractivity contribution in [3.05, 3.63) is 0 Å². The Bertz CT molecular complexity index is 442. The average Bonchev–Trinajstić information content (AvgIpc) is 3.17. The highest BCUT2D eigenvalue weighted by atomic mass is 19.4. The van der Waals surface area contributed by atoms with E-state index in [4.69, 9.17) is 14.2 Å². The minimum absolute atomic E-state index is 0.215. The van der Waals surface area contributed by atoms with Gasteiger partial charge in [0, 0.05) is 13.7 Å². The molecule has 0 bridgehead atoms. The molecule has 0 aromatic rings. The van der Waals surface area contributed by atoms with Crippen molar-refractivity contribution < 1.29 is 32.5 Å². The lowest BCUT2D eigenvalue weighted by atomic mass is 9.77. The second-order valence-electron chi connectivity index (χ2n) is 6.30. The minimum Gasteiger partial charge on any atom is -0.377 e. The summed E-state index contributed by atoms with van der Waals surface area (Å²) in [5.41, 5.74) is -4.35. The summed E-state index contributed by atoms with van der Waals surface area (Å²) in [6, 6.07) is 0. The molecule has 2 aliphatic heterocycles. The Morgan fingerprint density at radius 1 is 1.33 bits per heavy atom. The molecule has 0 aromatic heterocycles. The molecule has 3 fully saturated rings. The molecule has 0 aromatic carbocycles. The molecule has 2 heterocycles. The molecule has 3 rings (SSSR count). The van der Waals surface area contributed by atoms with Crippen LogP contribution in [-0.4, -0.2) is 60.2 Å². The third-order valence-corrected chi connectivity index (χ3v) is 5.19. The third-order valence-electron chi connectivity index (χ3n) is 5.19. The highest BCUT2D eigenvalue weighted by Gasteiger charge is 2.79. The SMILES string of the molecule is CO[C@@]1(C)O[C@H]2[C@@H](CNC3(CC3)C2(O)C(F)(F)F)OC1C. The quantitative estimate of drug-likeness (QED) is 0.755. The molecule has 3 aliphatic rings. The van der Waals surface area contributed by atoms with Crippen LogP contribution in [0.25, 0.3) is 0 Å². The van der Waals surface area contributed by atoms with Crippen LogP contribution in [0, 0.1) is 0 Å². The van der Waals surface area contributed by atoms with E-state index in [-0.39, 0.29) is 19.4 Å². The van der Waals surface area contributed by atoms with Crippen LogP contribution in [0.1, 0.15) is 26.7 Å². The summed E-state index contributed by atoms with van der Waals surface area (Å²) in [6.07, 6.45) is -7.23. The predicted molar refractivity (Wildman–Crippen MR) is 65.6 cm³/mol. The van der Waals surface area contributed by atoms with E-state index in [0.717, 1.165) is 0 Å². The monoisotopic (exact) mass is 311 g/mol. The molecule has 21 heavy (non-hydrogen) atoms. The molecule has 5 atom stereocenters. The van der Waals surface area contributed by atoms with Crippen molar-refractivity contribution in [2.45, 2.75) is 68.1 Å². The Morgan fingerprint density at radius 2 is 1.95 bits per heavy atom. The predicted octanol–water partition coefficient (Wildman–Crippen LogP) is 0.951. The van der Waals surface area contributed by atoms with Gasteiger partial charge >= 0.3 is 6.18 Å². The second-order valence-corrected chi connectivity index (χ2v) is 6.30. The van der Waals surface area contributed by atoms with E-state index in [1.54, 1.807) is 6.92 Å². The largest absolute Gasteiger partial charge is 0.421 e. The Hall–Kier alpha value is -0.410. The molecule has 1 saturated carbocycles. The fraction of sp³-hybridized carbons (Fsp3) is 1.00. The summed E-state index contributed by atoms with van der Waals surface area (Å²) in [6.45, 7) is 3.41. The van der Waals surface area contributed by atoms with Gasteiger partial charge in [0.25, 0.3) is 0 Å². The van der Waals surface area contributed by atoms with Crippen LogP contribution < -0.4 is 5.32 Å². The summed E-state index contributed by atoms with van der Waals surface area (Å²) in [7, 11) is 1.35. The number of hydrogen-bond acceptors (Lipinski definition) is 5. The highest BCUT2D eigenvalue weighted by Crippen LogP contribution is 2.58. The Kier molecular flexibility index (Phi) is 3.18. The zero-order chi connectivity index (χ0) is 15.7. The van der Waals surface area contributed by atoms with Gasteiger partial charge in [-0.15, -0.1) is 0 Å². The van der Waals surface area contributed by atoms with Crippen molar-refractivity contribution in [2.24, 2.45) is 0 Å². The average molecular weight is 311 g/mol. The lowest BCUT2D eigenvalue weighted by molar-refractivity contribution is -0.413. The maximum atomic E-state index is 13.6. The van der Waals surface area contributed by atoms with Gasteiger partial charge in [-0.1, -0.05) is 0 Å². The second kappa shape index (κ2) is 4.32. The lowest BCUT2D eigenvalue weighted by Crippen LogP contribution is -2.79. The summed E-state index contributed by atoms with van der Waals surface area (Å²) < 4.78 is 57.3. The molecular weight excluding hydrogens is 291 g/mol.